The maximum absolute atomic E-state index is 11.0. The Bertz CT molecular complexity index is 659. The summed E-state index contributed by atoms with van der Waals surface area (Å²) in [5, 5.41) is 85.8. The molecular formula is C18H38N8O10. The Morgan fingerprint density at radius 3 is 1.42 bits per heavy atom. The molecule has 0 aliphatic rings. The van der Waals surface area contributed by atoms with E-state index in [1.807, 2.05) is 0 Å². The minimum absolute atomic E-state index is 0.0195. The van der Waals surface area contributed by atoms with Crippen molar-refractivity contribution in [3.8, 4) is 0 Å². The molecule has 4 atom stereocenters. The van der Waals surface area contributed by atoms with E-state index < -0.39 is 24.4 Å². The van der Waals surface area contributed by atoms with E-state index in [0.717, 1.165) is 0 Å². The smallest absolute Gasteiger partial charge is 0.120 e. The highest BCUT2D eigenvalue weighted by atomic mass is 16.6. The second-order valence-corrected chi connectivity index (χ2v) is 7.31. The molecular weight excluding hydrogens is 488 g/mol. The van der Waals surface area contributed by atoms with Crippen molar-refractivity contribution in [1.29, 1.82) is 21.6 Å². The number of aliphatic hydroxyl groups excluding tert-OH is 2. The van der Waals surface area contributed by atoms with Gasteiger partial charge in [0.05, 0.1) is 39.6 Å². The number of amidine groups is 4. The van der Waals surface area contributed by atoms with Crippen molar-refractivity contribution < 1.29 is 50.0 Å². The topological polar surface area (TPSA) is 302 Å². The highest BCUT2D eigenvalue weighted by Crippen LogP contribution is 2.15. The van der Waals surface area contributed by atoms with Gasteiger partial charge in [-0.25, -0.2) is 0 Å². The summed E-state index contributed by atoms with van der Waals surface area (Å²) in [5.74, 6) is -0.917. The second-order valence-electron chi connectivity index (χ2n) is 7.31. The van der Waals surface area contributed by atoms with Gasteiger partial charge in [-0.1, -0.05) is 0 Å². The van der Waals surface area contributed by atoms with E-state index >= 15 is 0 Å². The predicted molar refractivity (Wildman–Crippen MR) is 122 cm³/mol. The van der Waals surface area contributed by atoms with Gasteiger partial charge in [0, 0.05) is 25.7 Å². The summed E-state index contributed by atoms with van der Waals surface area (Å²) in [6, 6.07) is 0. The fourth-order valence-electron chi connectivity index (χ4n) is 2.57. The number of rotatable bonds is 21. The lowest BCUT2D eigenvalue weighted by atomic mass is 10.0. The Hall–Kier alpha value is -2.52. The summed E-state index contributed by atoms with van der Waals surface area (Å²) in [7, 11) is 0. The SMILES string of the molecule is N=C(CCOCC(O)C(OCCC(=N)NO)C(O)C(COCCC(=N)NO)OCCC(=N)NO)NO. The molecule has 36 heavy (non-hydrogen) atoms. The standard InChI is InChI=1S/C18H38N8O10/c19-13(23-29)1-5-33-9-11(27)18(36-8-4-16(22)26-32)17(28)12(35-7-3-15(21)25-31)10-34-6-2-14(20)24-30/h11-12,17-18,27-32H,1-10H2,(H2,19,23)(H2,20,24)(H2,21,25)(H2,22,26). The van der Waals surface area contributed by atoms with E-state index in [9.17, 15) is 10.2 Å². The molecule has 0 aromatic carbocycles. The Morgan fingerprint density at radius 1 is 0.583 bits per heavy atom. The quantitative estimate of drug-likeness (QED) is 0.0330. The second kappa shape index (κ2) is 20.7. The zero-order valence-corrected chi connectivity index (χ0v) is 19.7. The first kappa shape index (κ1) is 33.5. The van der Waals surface area contributed by atoms with Crippen LogP contribution in [-0.4, -0.2) is 118 Å². The zero-order valence-electron chi connectivity index (χ0n) is 19.7. The Labute approximate surface area is 207 Å². The molecule has 18 nitrogen and oxygen atoms in total. The lowest BCUT2D eigenvalue weighted by Crippen LogP contribution is -2.50. The van der Waals surface area contributed by atoms with Crippen LogP contribution in [0.1, 0.15) is 25.7 Å². The van der Waals surface area contributed by atoms with E-state index in [4.69, 9.17) is 61.4 Å². The van der Waals surface area contributed by atoms with Crippen molar-refractivity contribution in [2.24, 2.45) is 0 Å². The molecule has 0 saturated heterocycles. The molecule has 0 aromatic rings. The summed E-state index contributed by atoms with van der Waals surface area (Å²) >= 11 is 0. The molecule has 0 bridgehead atoms. The van der Waals surface area contributed by atoms with Crippen molar-refractivity contribution in [3.05, 3.63) is 0 Å². The highest BCUT2D eigenvalue weighted by molar-refractivity contribution is 5.78. The van der Waals surface area contributed by atoms with Crippen LogP contribution >= 0.6 is 0 Å². The summed E-state index contributed by atoms with van der Waals surface area (Å²) in [6.45, 7) is -0.928. The first-order valence-electron chi connectivity index (χ1n) is 10.8. The Morgan fingerprint density at radius 2 is 0.972 bits per heavy atom. The molecule has 0 amide bonds. The molecule has 0 aliphatic heterocycles. The van der Waals surface area contributed by atoms with Crippen molar-refractivity contribution in [1.82, 2.24) is 21.9 Å². The molecule has 0 aliphatic carbocycles. The van der Waals surface area contributed by atoms with Crippen LogP contribution in [0.25, 0.3) is 0 Å². The molecule has 0 aromatic heterocycles. The Balaban J connectivity index is 5.28. The molecule has 210 valence electrons. The molecule has 0 rings (SSSR count). The van der Waals surface area contributed by atoms with Crippen LogP contribution < -0.4 is 21.9 Å². The lowest BCUT2D eigenvalue weighted by molar-refractivity contribution is -0.167. The first-order chi connectivity index (χ1) is 17.2. The van der Waals surface area contributed by atoms with Crippen LogP contribution in [0.3, 0.4) is 0 Å². The Kier molecular flexibility index (Phi) is 19.2. The third-order valence-electron chi connectivity index (χ3n) is 4.55. The third kappa shape index (κ3) is 15.5. The number of hydrogen-bond donors (Lipinski definition) is 14. The van der Waals surface area contributed by atoms with Gasteiger partial charge in [-0.2, -0.15) is 0 Å². The van der Waals surface area contributed by atoms with Gasteiger partial charge in [-0.3, -0.25) is 64.4 Å². The molecule has 0 spiro atoms. The van der Waals surface area contributed by atoms with Gasteiger partial charge in [-0.15, -0.1) is 0 Å². The van der Waals surface area contributed by atoms with E-state index in [-0.39, 0.29) is 88.7 Å². The minimum atomic E-state index is -1.52. The maximum Gasteiger partial charge on any atom is 0.120 e. The largest absolute Gasteiger partial charge is 0.388 e. The number of nitrogens with one attached hydrogen (secondary N) is 8. The molecule has 18 heteroatoms. The molecule has 0 radical (unpaired) electrons. The molecule has 0 heterocycles. The number of hydroxylamine groups is 4. The number of ether oxygens (including phenoxy) is 4. The van der Waals surface area contributed by atoms with Gasteiger partial charge >= 0.3 is 0 Å². The highest BCUT2D eigenvalue weighted by Gasteiger charge is 2.35. The summed E-state index contributed by atoms with van der Waals surface area (Å²) < 4.78 is 21.8. The average molecular weight is 527 g/mol. The van der Waals surface area contributed by atoms with Crippen LogP contribution in [0, 0.1) is 21.6 Å². The van der Waals surface area contributed by atoms with E-state index in [1.54, 1.807) is 21.9 Å². The van der Waals surface area contributed by atoms with Gasteiger partial charge in [0.15, 0.2) is 0 Å². The van der Waals surface area contributed by atoms with Crippen molar-refractivity contribution in [3.63, 3.8) is 0 Å². The van der Waals surface area contributed by atoms with Crippen molar-refractivity contribution >= 4 is 23.3 Å². The third-order valence-corrected chi connectivity index (χ3v) is 4.55. The fraction of sp³-hybridized carbons (Fsp3) is 0.778. The normalized spacial score (nSPS) is 14.3. The fourth-order valence-corrected chi connectivity index (χ4v) is 2.57. The molecule has 14 N–H and O–H groups in total. The van der Waals surface area contributed by atoms with Crippen molar-refractivity contribution in [2.45, 2.75) is 50.1 Å². The lowest BCUT2D eigenvalue weighted by Gasteiger charge is -2.32. The van der Waals surface area contributed by atoms with Crippen LogP contribution in [0.15, 0.2) is 0 Å². The van der Waals surface area contributed by atoms with Crippen molar-refractivity contribution in [2.75, 3.05) is 39.6 Å². The van der Waals surface area contributed by atoms with Crippen LogP contribution in [0.2, 0.25) is 0 Å². The molecule has 0 saturated carbocycles. The molecule has 0 fully saturated rings. The van der Waals surface area contributed by atoms with Gasteiger partial charge < -0.3 is 29.2 Å². The van der Waals surface area contributed by atoms with Gasteiger partial charge in [0.1, 0.15) is 47.8 Å². The van der Waals surface area contributed by atoms with E-state index in [2.05, 4.69) is 0 Å². The van der Waals surface area contributed by atoms with E-state index in [1.165, 1.54) is 0 Å². The predicted octanol–water partition coefficient (Wildman–Crippen LogP) is -2.10. The average Bonchev–Trinajstić information content (AvgIpc) is 2.88. The first-order valence-corrected chi connectivity index (χ1v) is 10.8. The number of hydrogen-bond acceptors (Lipinski definition) is 14. The zero-order chi connectivity index (χ0) is 27.3. The summed E-state index contributed by atoms with van der Waals surface area (Å²) in [4.78, 5) is 0. The van der Waals surface area contributed by atoms with Crippen LogP contribution in [0.4, 0.5) is 0 Å². The van der Waals surface area contributed by atoms with Crippen LogP contribution in [0.5, 0.6) is 0 Å². The molecule has 4 unspecified atom stereocenters. The maximum atomic E-state index is 11.0. The van der Waals surface area contributed by atoms with Gasteiger partial charge in [0.2, 0.25) is 0 Å². The minimum Gasteiger partial charge on any atom is -0.388 e. The van der Waals surface area contributed by atoms with Gasteiger partial charge in [-0.05, 0) is 0 Å². The summed E-state index contributed by atoms with van der Waals surface area (Å²) in [6.07, 6.45) is -5.44. The summed E-state index contributed by atoms with van der Waals surface area (Å²) in [5.41, 5.74) is 6.62. The monoisotopic (exact) mass is 526 g/mol. The van der Waals surface area contributed by atoms with Crippen LogP contribution in [-0.2, 0) is 18.9 Å². The number of aliphatic hydroxyl groups is 2. The van der Waals surface area contributed by atoms with E-state index in [0.29, 0.717) is 0 Å². The van der Waals surface area contributed by atoms with Gasteiger partial charge in [0.25, 0.3) is 0 Å².